The number of ketones is 1. The molecule has 2 nitrogen and oxygen atoms in total. The van der Waals surface area contributed by atoms with Crippen molar-refractivity contribution in [2.45, 2.75) is 5.32 Å². The van der Waals surface area contributed by atoms with Gasteiger partial charge in [-0.25, -0.2) is 0 Å². The Balaban J connectivity index is 1.93. The summed E-state index contributed by atoms with van der Waals surface area (Å²) >= 11 is 0.180. The van der Waals surface area contributed by atoms with Gasteiger partial charge in [0.15, 0.2) is 0 Å². The molecule has 0 saturated heterocycles. The molecule has 2 aromatic carbocycles. The van der Waals surface area contributed by atoms with E-state index in [1.807, 2.05) is 54.6 Å². The van der Waals surface area contributed by atoms with Gasteiger partial charge < -0.3 is 0 Å². The molecule has 3 heteroatoms. The number of benzene rings is 2. The average Bonchev–Trinajstić information content (AvgIpc) is 2.46. The second-order valence-corrected chi connectivity index (χ2v) is 5.95. The third-order valence-electron chi connectivity index (χ3n) is 2.53. The van der Waals surface area contributed by atoms with E-state index in [2.05, 4.69) is 0 Å². The van der Waals surface area contributed by atoms with E-state index < -0.39 is 0 Å². The molecule has 92 valence electrons. The van der Waals surface area contributed by atoms with Crippen LogP contribution in [0.3, 0.4) is 0 Å². The number of Topliss-reactive ketones (excluding diaryl/α,β-unsaturated/α-hetero) is 1. The van der Waals surface area contributed by atoms with Gasteiger partial charge in [-0.2, -0.15) is 0 Å². The van der Waals surface area contributed by atoms with E-state index in [1.165, 1.54) is 4.46 Å². The summed E-state index contributed by atoms with van der Waals surface area (Å²) in [6.07, 6.45) is 0. The van der Waals surface area contributed by atoms with Gasteiger partial charge in [0, 0.05) is 0 Å². The van der Waals surface area contributed by atoms with Gasteiger partial charge in [-0.3, -0.25) is 0 Å². The molecular formula is C15H14O2Se. The van der Waals surface area contributed by atoms with Crippen molar-refractivity contribution < 1.29 is 9.53 Å². The first-order chi connectivity index (χ1) is 8.79. The Morgan fingerprint density at radius 2 is 1.72 bits per heavy atom. The molecule has 0 aliphatic carbocycles. The number of ether oxygens (including phenoxy) is 1. The third kappa shape index (κ3) is 3.46. The molecule has 0 amide bonds. The topological polar surface area (TPSA) is 26.3 Å². The van der Waals surface area contributed by atoms with Crippen LogP contribution in [0.2, 0.25) is 5.32 Å². The van der Waals surface area contributed by atoms with Crippen LogP contribution in [0.4, 0.5) is 0 Å². The molecule has 0 spiro atoms. The van der Waals surface area contributed by atoms with Crippen molar-refractivity contribution in [1.82, 2.24) is 0 Å². The number of methoxy groups -OCH3 is 1. The molecule has 0 radical (unpaired) electrons. The molecule has 0 aliphatic rings. The molecule has 0 aromatic heterocycles. The number of hydrogen-bond donors (Lipinski definition) is 0. The normalized spacial score (nSPS) is 10.1. The Hall–Kier alpha value is -1.57. The van der Waals surface area contributed by atoms with Crippen LogP contribution in [0.15, 0.2) is 54.6 Å². The van der Waals surface area contributed by atoms with Gasteiger partial charge in [-0.05, 0) is 0 Å². The third-order valence-corrected chi connectivity index (χ3v) is 4.65. The Morgan fingerprint density at radius 1 is 1.06 bits per heavy atom. The summed E-state index contributed by atoms with van der Waals surface area (Å²) in [6.45, 7) is 0. The standard InChI is InChI=1S/C15H14O2Se/c1-17-13-7-9-14(10-8-13)18-11-15(16)12-5-3-2-4-6-12/h2-10H,11H2,1H3. The van der Waals surface area contributed by atoms with Crippen molar-refractivity contribution in [2.75, 3.05) is 7.11 Å². The number of carbonyl (C=O) groups excluding carboxylic acids is 1. The first kappa shape index (κ1) is 12.9. The second kappa shape index (κ2) is 6.39. The molecular weight excluding hydrogens is 291 g/mol. The van der Waals surface area contributed by atoms with Crippen LogP contribution in [0.25, 0.3) is 0 Å². The van der Waals surface area contributed by atoms with Gasteiger partial charge in [0.25, 0.3) is 0 Å². The molecule has 0 N–H and O–H groups in total. The first-order valence-electron chi connectivity index (χ1n) is 5.64. The first-order valence-corrected chi connectivity index (χ1v) is 7.71. The Morgan fingerprint density at radius 3 is 2.33 bits per heavy atom. The van der Waals surface area contributed by atoms with E-state index in [1.54, 1.807) is 7.11 Å². The van der Waals surface area contributed by atoms with Crippen LogP contribution in [-0.4, -0.2) is 27.8 Å². The van der Waals surface area contributed by atoms with Gasteiger partial charge in [0.2, 0.25) is 0 Å². The SMILES string of the molecule is COc1ccc([Se]CC(=O)c2ccccc2)cc1. The predicted octanol–water partition coefficient (Wildman–Crippen LogP) is 2.33. The summed E-state index contributed by atoms with van der Waals surface area (Å²) < 4.78 is 6.32. The molecule has 0 atom stereocenters. The number of carbonyl (C=O) groups is 1. The van der Waals surface area contributed by atoms with E-state index >= 15 is 0 Å². The fraction of sp³-hybridized carbons (Fsp3) is 0.133. The molecule has 2 rings (SSSR count). The Bertz CT molecular complexity index is 506. The van der Waals surface area contributed by atoms with Crippen molar-refractivity contribution in [3.63, 3.8) is 0 Å². The van der Waals surface area contributed by atoms with E-state index in [-0.39, 0.29) is 20.7 Å². The number of rotatable bonds is 5. The molecule has 2 aromatic rings. The minimum absolute atomic E-state index is 0.180. The zero-order chi connectivity index (χ0) is 12.8. The van der Waals surface area contributed by atoms with Crippen LogP contribution < -0.4 is 9.20 Å². The minimum atomic E-state index is 0.180. The van der Waals surface area contributed by atoms with Crippen LogP contribution >= 0.6 is 0 Å². The summed E-state index contributed by atoms with van der Waals surface area (Å²) in [7, 11) is 1.65. The van der Waals surface area contributed by atoms with E-state index in [0.717, 1.165) is 11.3 Å². The van der Waals surface area contributed by atoms with Gasteiger partial charge in [-0.15, -0.1) is 0 Å². The van der Waals surface area contributed by atoms with Gasteiger partial charge in [0.1, 0.15) is 0 Å². The summed E-state index contributed by atoms with van der Waals surface area (Å²) in [5, 5.41) is 0.601. The van der Waals surface area contributed by atoms with Crippen molar-refractivity contribution in [3.8, 4) is 5.75 Å². The van der Waals surface area contributed by atoms with E-state index in [9.17, 15) is 4.79 Å². The maximum atomic E-state index is 11.9. The zero-order valence-corrected chi connectivity index (χ0v) is 11.8. The van der Waals surface area contributed by atoms with Crippen molar-refractivity contribution >= 4 is 25.2 Å². The fourth-order valence-electron chi connectivity index (χ4n) is 1.53. The summed E-state index contributed by atoms with van der Waals surface area (Å²) in [6, 6.07) is 17.4. The van der Waals surface area contributed by atoms with Crippen LogP contribution in [0.1, 0.15) is 10.4 Å². The van der Waals surface area contributed by atoms with E-state index in [4.69, 9.17) is 4.74 Å². The van der Waals surface area contributed by atoms with Crippen molar-refractivity contribution in [3.05, 3.63) is 60.2 Å². The quantitative estimate of drug-likeness (QED) is 0.626. The molecule has 0 unspecified atom stereocenters. The molecule has 0 saturated carbocycles. The zero-order valence-electron chi connectivity index (χ0n) is 10.1. The van der Waals surface area contributed by atoms with Gasteiger partial charge in [0.05, 0.1) is 0 Å². The predicted molar refractivity (Wildman–Crippen MR) is 74.0 cm³/mol. The molecule has 0 fully saturated rings. The summed E-state index contributed by atoms with van der Waals surface area (Å²) in [4.78, 5) is 11.9. The molecule has 18 heavy (non-hydrogen) atoms. The van der Waals surface area contributed by atoms with Crippen molar-refractivity contribution in [1.29, 1.82) is 0 Å². The van der Waals surface area contributed by atoms with Crippen LogP contribution in [0, 0.1) is 0 Å². The monoisotopic (exact) mass is 306 g/mol. The second-order valence-electron chi connectivity index (χ2n) is 3.75. The van der Waals surface area contributed by atoms with E-state index in [0.29, 0.717) is 5.32 Å². The fourth-order valence-corrected chi connectivity index (χ4v) is 3.19. The number of hydrogen-bond acceptors (Lipinski definition) is 2. The molecule has 0 aliphatic heterocycles. The van der Waals surface area contributed by atoms with Crippen LogP contribution in [-0.2, 0) is 0 Å². The summed E-state index contributed by atoms with van der Waals surface area (Å²) in [5.74, 6) is 1.07. The van der Waals surface area contributed by atoms with Crippen molar-refractivity contribution in [2.24, 2.45) is 0 Å². The average molecular weight is 305 g/mol. The Kier molecular flexibility index (Phi) is 4.57. The van der Waals surface area contributed by atoms with Gasteiger partial charge in [-0.1, -0.05) is 0 Å². The summed E-state index contributed by atoms with van der Waals surface area (Å²) in [5.41, 5.74) is 0.799. The van der Waals surface area contributed by atoms with Gasteiger partial charge >= 0.3 is 113 Å². The van der Waals surface area contributed by atoms with Crippen LogP contribution in [0.5, 0.6) is 5.75 Å². The maximum absolute atomic E-state index is 11.9. The molecule has 0 bridgehead atoms. The molecule has 0 heterocycles. The Labute approximate surface area is 113 Å².